The average molecular weight is 274 g/mol. The topological polar surface area (TPSA) is 41.1 Å². The highest BCUT2D eigenvalue weighted by molar-refractivity contribution is 7.11. The van der Waals surface area contributed by atoms with E-state index in [2.05, 4.69) is 29.7 Å². The van der Waals surface area contributed by atoms with Gasteiger partial charge >= 0.3 is 0 Å². The van der Waals surface area contributed by atoms with Crippen molar-refractivity contribution < 1.29 is 4.79 Å². The van der Waals surface area contributed by atoms with Gasteiger partial charge in [0, 0.05) is 22.0 Å². The van der Waals surface area contributed by atoms with Crippen LogP contribution in [0.2, 0.25) is 0 Å². The van der Waals surface area contributed by atoms with Crippen molar-refractivity contribution in [2.75, 3.05) is 11.9 Å². The molecule has 0 spiro atoms. The average Bonchev–Trinajstić information content (AvgIpc) is 2.83. The maximum atomic E-state index is 12.2. The molecule has 1 amide bonds. The number of rotatable bonds is 5. The van der Waals surface area contributed by atoms with Crippen molar-refractivity contribution in [2.24, 2.45) is 0 Å². The van der Waals surface area contributed by atoms with Gasteiger partial charge in [-0.15, -0.1) is 11.3 Å². The fraction of sp³-hybridized carbons (Fsp3) is 0.267. The molecule has 0 atom stereocenters. The van der Waals surface area contributed by atoms with Gasteiger partial charge in [-0.3, -0.25) is 4.79 Å². The predicted molar refractivity (Wildman–Crippen MR) is 80.8 cm³/mol. The lowest BCUT2D eigenvalue weighted by Crippen LogP contribution is -2.23. The van der Waals surface area contributed by atoms with E-state index in [1.807, 2.05) is 31.2 Å². The zero-order chi connectivity index (χ0) is 13.7. The Labute approximate surface area is 117 Å². The molecular weight excluding hydrogens is 256 g/mol. The lowest BCUT2D eigenvalue weighted by atomic mass is 10.1. The van der Waals surface area contributed by atoms with Crippen molar-refractivity contribution in [3.63, 3.8) is 0 Å². The van der Waals surface area contributed by atoms with Crippen molar-refractivity contribution in [3.05, 3.63) is 51.7 Å². The summed E-state index contributed by atoms with van der Waals surface area (Å²) in [5.41, 5.74) is 1.57. The van der Waals surface area contributed by atoms with E-state index in [1.165, 1.54) is 9.75 Å². The number of anilines is 1. The second kappa shape index (κ2) is 6.38. The van der Waals surface area contributed by atoms with Crippen LogP contribution in [0.1, 0.15) is 27.0 Å². The zero-order valence-electron chi connectivity index (χ0n) is 11.2. The lowest BCUT2D eigenvalue weighted by Gasteiger charge is -2.10. The van der Waals surface area contributed by atoms with Crippen molar-refractivity contribution in [3.8, 4) is 0 Å². The van der Waals surface area contributed by atoms with Crippen LogP contribution in [0.15, 0.2) is 36.4 Å². The van der Waals surface area contributed by atoms with Crippen LogP contribution in [0.25, 0.3) is 0 Å². The number of hydrogen-bond donors (Lipinski definition) is 2. The van der Waals surface area contributed by atoms with Crippen LogP contribution in [0.3, 0.4) is 0 Å². The Balaban J connectivity index is 2.03. The molecule has 100 valence electrons. The first-order valence-corrected chi connectivity index (χ1v) is 7.18. The van der Waals surface area contributed by atoms with Gasteiger partial charge in [-0.25, -0.2) is 0 Å². The van der Waals surface area contributed by atoms with Crippen LogP contribution >= 0.6 is 11.3 Å². The molecule has 3 nitrogen and oxygen atoms in total. The highest BCUT2D eigenvalue weighted by Gasteiger charge is 2.10. The summed E-state index contributed by atoms with van der Waals surface area (Å²) < 4.78 is 0. The molecule has 0 aliphatic heterocycles. The molecule has 1 heterocycles. The van der Waals surface area contributed by atoms with Gasteiger partial charge in [0.15, 0.2) is 0 Å². The lowest BCUT2D eigenvalue weighted by molar-refractivity contribution is 0.0952. The quantitative estimate of drug-likeness (QED) is 0.877. The number of aryl methyl sites for hydroxylation is 1. The fourth-order valence-corrected chi connectivity index (χ4v) is 2.70. The van der Waals surface area contributed by atoms with Crippen molar-refractivity contribution in [2.45, 2.75) is 20.4 Å². The van der Waals surface area contributed by atoms with Gasteiger partial charge in [-0.1, -0.05) is 12.1 Å². The minimum Gasteiger partial charge on any atom is -0.385 e. The van der Waals surface area contributed by atoms with Crippen LogP contribution in [-0.2, 0) is 6.54 Å². The van der Waals surface area contributed by atoms with Gasteiger partial charge in [0.25, 0.3) is 5.91 Å². The minimum absolute atomic E-state index is 0.0393. The molecule has 0 radical (unpaired) electrons. The van der Waals surface area contributed by atoms with Gasteiger partial charge < -0.3 is 10.6 Å². The first-order chi connectivity index (χ1) is 9.20. The number of benzene rings is 1. The molecule has 4 heteroatoms. The standard InChI is InChI=1S/C15H18N2OS/c1-3-16-14-7-5-4-6-13(14)15(18)17-10-12-9-8-11(2)19-12/h4-9,16H,3,10H2,1-2H3,(H,17,18). The third-order valence-corrected chi connectivity index (χ3v) is 3.76. The van der Waals surface area contributed by atoms with E-state index in [-0.39, 0.29) is 5.91 Å². The number of carbonyl (C=O) groups is 1. The van der Waals surface area contributed by atoms with E-state index in [1.54, 1.807) is 11.3 Å². The van der Waals surface area contributed by atoms with E-state index < -0.39 is 0 Å². The Bertz CT molecular complexity index is 563. The van der Waals surface area contributed by atoms with Gasteiger partial charge in [0.2, 0.25) is 0 Å². The highest BCUT2D eigenvalue weighted by Crippen LogP contribution is 2.17. The van der Waals surface area contributed by atoms with Gasteiger partial charge in [-0.05, 0) is 38.1 Å². The second-order valence-corrected chi connectivity index (χ2v) is 5.64. The number of nitrogens with one attached hydrogen (secondary N) is 2. The number of hydrogen-bond acceptors (Lipinski definition) is 3. The first kappa shape index (κ1) is 13.6. The second-order valence-electron chi connectivity index (χ2n) is 4.27. The Morgan fingerprint density at radius 2 is 2.00 bits per heavy atom. The first-order valence-electron chi connectivity index (χ1n) is 6.37. The summed E-state index contributed by atoms with van der Waals surface area (Å²) in [5, 5.41) is 6.16. The molecule has 0 aliphatic rings. The van der Waals surface area contributed by atoms with Crippen molar-refractivity contribution >= 4 is 22.9 Å². The summed E-state index contributed by atoms with van der Waals surface area (Å²) in [4.78, 5) is 14.6. The van der Waals surface area contributed by atoms with E-state index in [9.17, 15) is 4.79 Å². The largest absolute Gasteiger partial charge is 0.385 e. The molecule has 0 saturated heterocycles. The molecular formula is C15H18N2OS. The number of carbonyl (C=O) groups excluding carboxylic acids is 1. The van der Waals surface area contributed by atoms with Crippen molar-refractivity contribution in [1.82, 2.24) is 5.32 Å². The van der Waals surface area contributed by atoms with Crippen LogP contribution in [-0.4, -0.2) is 12.5 Å². The normalized spacial score (nSPS) is 10.2. The maximum absolute atomic E-state index is 12.2. The molecule has 19 heavy (non-hydrogen) atoms. The van der Waals surface area contributed by atoms with Crippen LogP contribution < -0.4 is 10.6 Å². The summed E-state index contributed by atoms with van der Waals surface area (Å²) >= 11 is 1.71. The Morgan fingerprint density at radius 1 is 1.21 bits per heavy atom. The predicted octanol–water partition coefficient (Wildman–Crippen LogP) is 3.42. The smallest absolute Gasteiger partial charge is 0.253 e. The summed E-state index contributed by atoms with van der Waals surface area (Å²) in [6, 6.07) is 11.7. The molecule has 1 aromatic carbocycles. The molecule has 2 aromatic rings. The van der Waals surface area contributed by atoms with E-state index in [4.69, 9.17) is 0 Å². The SMILES string of the molecule is CCNc1ccccc1C(=O)NCc1ccc(C)s1. The van der Waals surface area contributed by atoms with E-state index in [0.29, 0.717) is 12.1 Å². The van der Waals surface area contributed by atoms with Gasteiger partial charge in [-0.2, -0.15) is 0 Å². The Hall–Kier alpha value is -1.81. The number of thiophene rings is 1. The minimum atomic E-state index is -0.0393. The molecule has 2 rings (SSSR count). The Morgan fingerprint density at radius 3 is 2.68 bits per heavy atom. The highest BCUT2D eigenvalue weighted by atomic mass is 32.1. The molecule has 0 saturated carbocycles. The summed E-state index contributed by atoms with van der Waals surface area (Å²) in [6.07, 6.45) is 0. The third kappa shape index (κ3) is 3.58. The molecule has 0 unspecified atom stereocenters. The summed E-state index contributed by atoms with van der Waals surface area (Å²) in [5.74, 6) is -0.0393. The van der Waals surface area contributed by atoms with Gasteiger partial charge in [0.1, 0.15) is 0 Å². The third-order valence-electron chi connectivity index (χ3n) is 2.76. The van der Waals surface area contributed by atoms with Crippen LogP contribution in [0.4, 0.5) is 5.69 Å². The van der Waals surface area contributed by atoms with Crippen molar-refractivity contribution in [1.29, 1.82) is 0 Å². The molecule has 1 aromatic heterocycles. The molecule has 2 N–H and O–H groups in total. The monoisotopic (exact) mass is 274 g/mol. The number of amides is 1. The molecule has 0 aliphatic carbocycles. The van der Waals surface area contributed by atoms with Crippen LogP contribution in [0.5, 0.6) is 0 Å². The maximum Gasteiger partial charge on any atom is 0.253 e. The van der Waals surface area contributed by atoms with E-state index in [0.717, 1.165) is 12.2 Å². The summed E-state index contributed by atoms with van der Waals surface area (Å²) in [7, 11) is 0. The van der Waals surface area contributed by atoms with E-state index >= 15 is 0 Å². The van der Waals surface area contributed by atoms with Gasteiger partial charge in [0.05, 0.1) is 12.1 Å². The Kier molecular flexibility index (Phi) is 4.58. The number of para-hydroxylation sites is 1. The van der Waals surface area contributed by atoms with Crippen LogP contribution in [0, 0.1) is 6.92 Å². The molecule has 0 fully saturated rings. The summed E-state index contributed by atoms with van der Waals surface area (Å²) in [6.45, 7) is 5.46. The molecule has 0 bridgehead atoms. The fourth-order valence-electron chi connectivity index (χ4n) is 1.87. The zero-order valence-corrected chi connectivity index (χ0v) is 12.0.